The summed E-state index contributed by atoms with van der Waals surface area (Å²) in [7, 11) is 0. The molecule has 1 aromatic heterocycles. The maximum Gasteiger partial charge on any atom is 0.255 e. The molecule has 0 radical (unpaired) electrons. The maximum atomic E-state index is 12.4. The molecule has 1 atom stereocenters. The second-order valence-corrected chi connectivity index (χ2v) is 9.52. The number of β-amino-alcohol motifs (C(OH)–C–C–N with tert-alkyl or cyclic N) is 1. The lowest BCUT2D eigenvalue weighted by atomic mass is 10.2. The molecule has 3 rings (SSSR count). The number of hydrogen-bond acceptors (Lipinski definition) is 6. The number of aromatic nitrogens is 1. The number of rotatable bonds is 7. The van der Waals surface area contributed by atoms with E-state index in [1.165, 1.54) is 0 Å². The number of nitrogens with zero attached hydrogens (tertiary/aromatic N) is 3. The van der Waals surface area contributed by atoms with Crippen LogP contribution < -0.4 is 10.2 Å². The monoisotopic (exact) mass is 460 g/mol. The quantitative estimate of drug-likeness (QED) is 0.656. The first-order valence-corrected chi connectivity index (χ1v) is 11.4. The molecule has 8 heteroatoms. The number of halogens is 1. The van der Waals surface area contributed by atoms with Gasteiger partial charge in [-0.15, -0.1) is 0 Å². The molecule has 1 fully saturated rings. The number of aliphatic hydroxyl groups is 1. The number of carbonyl (C=O) groups is 1. The van der Waals surface area contributed by atoms with Gasteiger partial charge < -0.3 is 20.1 Å². The number of nitrogens with one attached hydrogen (secondary N) is 1. The highest BCUT2D eigenvalue weighted by Crippen LogP contribution is 2.18. The third-order valence-electron chi connectivity index (χ3n) is 5.20. The number of amides is 1. The van der Waals surface area contributed by atoms with Crippen molar-refractivity contribution in [2.75, 3.05) is 49.5 Å². The van der Waals surface area contributed by atoms with Gasteiger partial charge in [-0.1, -0.05) is 11.6 Å². The topological polar surface area (TPSA) is 77.9 Å². The molecule has 0 saturated carbocycles. The van der Waals surface area contributed by atoms with Crippen LogP contribution in [0.15, 0.2) is 42.6 Å². The number of benzene rings is 1. The largest absolute Gasteiger partial charge is 0.389 e. The Labute approximate surface area is 195 Å². The van der Waals surface area contributed by atoms with Gasteiger partial charge in [0.15, 0.2) is 0 Å². The zero-order valence-corrected chi connectivity index (χ0v) is 19.8. The number of pyridine rings is 1. The minimum atomic E-state index is -0.498. The Morgan fingerprint density at radius 1 is 1.16 bits per heavy atom. The fourth-order valence-electron chi connectivity index (χ4n) is 3.53. The molecule has 0 bridgehead atoms. The summed E-state index contributed by atoms with van der Waals surface area (Å²) >= 11 is 5.88. The number of ether oxygens (including phenoxy) is 1. The van der Waals surface area contributed by atoms with Gasteiger partial charge in [0.1, 0.15) is 5.82 Å². The van der Waals surface area contributed by atoms with E-state index in [1.807, 2.05) is 32.9 Å². The van der Waals surface area contributed by atoms with Crippen LogP contribution in [0.25, 0.3) is 0 Å². The summed E-state index contributed by atoms with van der Waals surface area (Å²) in [4.78, 5) is 21.4. The predicted molar refractivity (Wildman–Crippen MR) is 129 cm³/mol. The van der Waals surface area contributed by atoms with Gasteiger partial charge in [0, 0.05) is 36.8 Å². The molecular weight excluding hydrogens is 428 g/mol. The van der Waals surface area contributed by atoms with E-state index < -0.39 is 6.10 Å². The standard InChI is InChI=1S/C24H33ClN4O3/c1-24(2,3)32-17-21(30)16-28-11-4-12-29(14-13-28)22-10-9-20(15-26-22)27-23(31)18-5-7-19(25)8-6-18/h5-10,15,21,30H,4,11-14,16-17H2,1-3H3,(H,27,31). The first-order valence-electron chi connectivity index (χ1n) is 11.0. The van der Waals surface area contributed by atoms with Crippen molar-refractivity contribution in [3.05, 3.63) is 53.2 Å². The zero-order valence-electron chi connectivity index (χ0n) is 19.1. The summed E-state index contributed by atoms with van der Waals surface area (Å²) in [5.74, 6) is 0.684. The predicted octanol–water partition coefficient (Wildman–Crippen LogP) is 3.68. The lowest BCUT2D eigenvalue weighted by molar-refractivity contribution is -0.0557. The van der Waals surface area contributed by atoms with Crippen molar-refractivity contribution >= 4 is 29.0 Å². The van der Waals surface area contributed by atoms with Crippen LogP contribution in [0, 0.1) is 0 Å². The van der Waals surface area contributed by atoms with Crippen LogP contribution in [0.1, 0.15) is 37.6 Å². The van der Waals surface area contributed by atoms with Crippen molar-refractivity contribution in [1.82, 2.24) is 9.88 Å². The molecule has 1 aliphatic rings. The van der Waals surface area contributed by atoms with Gasteiger partial charge in [-0.05, 0) is 70.1 Å². The molecule has 2 aromatic rings. The highest BCUT2D eigenvalue weighted by Gasteiger charge is 2.20. The highest BCUT2D eigenvalue weighted by atomic mass is 35.5. The SMILES string of the molecule is CC(C)(C)OCC(O)CN1CCCN(c2ccc(NC(=O)c3ccc(Cl)cc3)cn2)CC1. The smallest absolute Gasteiger partial charge is 0.255 e. The minimum absolute atomic E-state index is 0.198. The summed E-state index contributed by atoms with van der Waals surface area (Å²) in [5.41, 5.74) is 0.941. The van der Waals surface area contributed by atoms with E-state index in [-0.39, 0.29) is 11.5 Å². The molecule has 1 unspecified atom stereocenters. The number of hydrogen-bond donors (Lipinski definition) is 2. The van der Waals surface area contributed by atoms with E-state index in [4.69, 9.17) is 16.3 Å². The summed E-state index contributed by atoms with van der Waals surface area (Å²) in [6, 6.07) is 10.6. The maximum absolute atomic E-state index is 12.4. The van der Waals surface area contributed by atoms with Crippen LogP contribution in [0.5, 0.6) is 0 Å². The second-order valence-electron chi connectivity index (χ2n) is 9.08. The summed E-state index contributed by atoms with van der Waals surface area (Å²) in [6.07, 6.45) is 2.17. The fraction of sp³-hybridized carbons (Fsp3) is 0.500. The van der Waals surface area contributed by atoms with Crippen LogP contribution >= 0.6 is 11.6 Å². The van der Waals surface area contributed by atoms with Crippen molar-refractivity contribution in [2.45, 2.75) is 38.9 Å². The molecule has 2 heterocycles. The minimum Gasteiger partial charge on any atom is -0.389 e. The van der Waals surface area contributed by atoms with Gasteiger partial charge in [0.05, 0.1) is 30.2 Å². The second kappa shape index (κ2) is 11.1. The van der Waals surface area contributed by atoms with Crippen LogP contribution in [0.2, 0.25) is 5.02 Å². The molecular formula is C24H33ClN4O3. The van der Waals surface area contributed by atoms with Crippen LogP contribution in [0.4, 0.5) is 11.5 Å². The molecule has 1 saturated heterocycles. The number of aliphatic hydroxyl groups excluding tert-OH is 1. The van der Waals surface area contributed by atoms with Crippen LogP contribution in [-0.4, -0.2) is 71.9 Å². The highest BCUT2D eigenvalue weighted by molar-refractivity contribution is 6.30. The third-order valence-corrected chi connectivity index (χ3v) is 5.45. The Bertz CT molecular complexity index is 868. The van der Waals surface area contributed by atoms with E-state index >= 15 is 0 Å². The van der Waals surface area contributed by atoms with Crippen molar-refractivity contribution < 1.29 is 14.6 Å². The van der Waals surface area contributed by atoms with E-state index in [9.17, 15) is 9.90 Å². The molecule has 32 heavy (non-hydrogen) atoms. The van der Waals surface area contributed by atoms with Crippen LogP contribution in [-0.2, 0) is 4.74 Å². The zero-order chi connectivity index (χ0) is 23.1. The Morgan fingerprint density at radius 2 is 1.91 bits per heavy atom. The molecule has 0 spiro atoms. The van der Waals surface area contributed by atoms with Gasteiger partial charge in [0.2, 0.25) is 0 Å². The van der Waals surface area contributed by atoms with Crippen molar-refractivity contribution in [2.24, 2.45) is 0 Å². The average molecular weight is 461 g/mol. The molecule has 1 aromatic carbocycles. The molecule has 1 aliphatic heterocycles. The fourth-order valence-corrected chi connectivity index (χ4v) is 3.66. The van der Waals surface area contributed by atoms with E-state index in [1.54, 1.807) is 30.5 Å². The lowest BCUT2D eigenvalue weighted by Crippen LogP contribution is -2.39. The number of anilines is 2. The van der Waals surface area contributed by atoms with Crippen molar-refractivity contribution in [3.8, 4) is 0 Å². The molecule has 1 amide bonds. The molecule has 2 N–H and O–H groups in total. The first kappa shape index (κ1) is 24.5. The van der Waals surface area contributed by atoms with Gasteiger partial charge in [-0.2, -0.15) is 0 Å². The number of carbonyl (C=O) groups excluding carboxylic acids is 1. The van der Waals surface area contributed by atoms with Gasteiger partial charge in [-0.25, -0.2) is 4.98 Å². The third kappa shape index (κ3) is 7.74. The van der Waals surface area contributed by atoms with Crippen molar-refractivity contribution in [3.63, 3.8) is 0 Å². The Hall–Kier alpha value is -2.19. The first-order chi connectivity index (χ1) is 15.2. The molecule has 0 aliphatic carbocycles. The summed E-state index contributed by atoms with van der Waals surface area (Å²) in [5, 5.41) is 13.8. The van der Waals surface area contributed by atoms with Gasteiger partial charge in [0.25, 0.3) is 5.91 Å². The average Bonchev–Trinajstić information content (AvgIpc) is 2.98. The van der Waals surface area contributed by atoms with Gasteiger partial charge in [-0.3, -0.25) is 9.69 Å². The Kier molecular flexibility index (Phi) is 8.48. The van der Waals surface area contributed by atoms with E-state index in [2.05, 4.69) is 20.1 Å². The van der Waals surface area contributed by atoms with E-state index in [0.29, 0.717) is 29.4 Å². The van der Waals surface area contributed by atoms with Gasteiger partial charge >= 0.3 is 0 Å². The van der Waals surface area contributed by atoms with Crippen LogP contribution in [0.3, 0.4) is 0 Å². The van der Waals surface area contributed by atoms with E-state index in [0.717, 1.165) is 38.4 Å². The normalized spacial score (nSPS) is 16.5. The van der Waals surface area contributed by atoms with Crippen molar-refractivity contribution in [1.29, 1.82) is 0 Å². The molecule has 7 nitrogen and oxygen atoms in total. The molecule has 174 valence electrons. The summed E-state index contributed by atoms with van der Waals surface area (Å²) < 4.78 is 5.69. The Balaban J connectivity index is 1.49. The summed E-state index contributed by atoms with van der Waals surface area (Å²) in [6.45, 7) is 10.4. The Morgan fingerprint density at radius 3 is 2.56 bits per heavy atom. The lowest BCUT2D eigenvalue weighted by Gasteiger charge is -2.26.